The first kappa shape index (κ1) is 21.9. The Morgan fingerprint density at radius 3 is 2.42 bits per heavy atom. The van der Waals surface area contributed by atoms with Crippen LogP contribution in [-0.2, 0) is 6.42 Å². The minimum Gasteiger partial charge on any atom is -0.491 e. The molecule has 1 aromatic carbocycles. The van der Waals surface area contributed by atoms with E-state index in [1.807, 2.05) is 59.0 Å². The van der Waals surface area contributed by atoms with Crippen LogP contribution in [0, 0.1) is 0 Å². The summed E-state index contributed by atoms with van der Waals surface area (Å²) in [4.78, 5) is 12.4. The summed E-state index contributed by atoms with van der Waals surface area (Å²) in [6.07, 6.45) is 0.778. The standard InChI is InChI=1S/C18H27N5O2.ClH/c1-6-16-17(18(24)20-11-13(4)19-5)21-22-23(16)14-7-9-15(10-8-14)25-12(2)3;/h7-10,12-13,19H,6,11H2,1-5H3,(H,20,24);1H. The fraction of sp³-hybridized carbons (Fsp3) is 0.500. The van der Waals surface area contributed by atoms with E-state index in [0.29, 0.717) is 18.7 Å². The molecule has 0 spiro atoms. The Balaban J connectivity index is 0.00000338. The zero-order valence-corrected chi connectivity index (χ0v) is 16.8. The van der Waals surface area contributed by atoms with Crippen molar-refractivity contribution in [2.24, 2.45) is 0 Å². The maximum atomic E-state index is 12.4. The van der Waals surface area contributed by atoms with Gasteiger partial charge in [-0.2, -0.15) is 0 Å². The number of hydrogen-bond donors (Lipinski definition) is 2. The summed E-state index contributed by atoms with van der Waals surface area (Å²) >= 11 is 0. The molecule has 2 aromatic rings. The van der Waals surface area contributed by atoms with Crippen molar-refractivity contribution in [3.63, 3.8) is 0 Å². The molecular formula is C18H28ClN5O2. The van der Waals surface area contributed by atoms with Gasteiger partial charge in [0.15, 0.2) is 5.69 Å². The Morgan fingerprint density at radius 2 is 1.88 bits per heavy atom. The van der Waals surface area contributed by atoms with Crippen LogP contribution in [0.4, 0.5) is 0 Å². The summed E-state index contributed by atoms with van der Waals surface area (Å²) in [5, 5.41) is 14.2. The number of carbonyl (C=O) groups excluding carboxylic acids is 1. The van der Waals surface area contributed by atoms with Crippen molar-refractivity contribution in [2.45, 2.75) is 46.3 Å². The second-order valence-electron chi connectivity index (χ2n) is 6.21. The zero-order chi connectivity index (χ0) is 18.4. The lowest BCUT2D eigenvalue weighted by molar-refractivity contribution is 0.0944. The largest absolute Gasteiger partial charge is 0.491 e. The molecule has 1 heterocycles. The van der Waals surface area contributed by atoms with E-state index in [9.17, 15) is 4.79 Å². The molecule has 144 valence electrons. The average molecular weight is 382 g/mol. The van der Waals surface area contributed by atoms with Crippen molar-refractivity contribution < 1.29 is 9.53 Å². The molecule has 0 radical (unpaired) electrons. The second kappa shape index (κ2) is 10.1. The predicted octanol–water partition coefficient (Wildman–Crippen LogP) is 2.38. The summed E-state index contributed by atoms with van der Waals surface area (Å²) in [6.45, 7) is 8.49. The molecule has 1 amide bonds. The maximum Gasteiger partial charge on any atom is 0.273 e. The average Bonchev–Trinajstić information content (AvgIpc) is 3.03. The van der Waals surface area contributed by atoms with E-state index in [2.05, 4.69) is 20.9 Å². The number of rotatable bonds is 8. The van der Waals surface area contributed by atoms with Crippen LogP contribution >= 0.6 is 12.4 Å². The van der Waals surface area contributed by atoms with E-state index in [1.165, 1.54) is 0 Å². The fourth-order valence-electron chi connectivity index (χ4n) is 2.37. The lowest BCUT2D eigenvalue weighted by Gasteiger charge is -2.12. The molecule has 0 aliphatic heterocycles. The number of ether oxygens (including phenoxy) is 1. The number of halogens is 1. The van der Waals surface area contributed by atoms with E-state index in [-0.39, 0.29) is 30.5 Å². The number of nitrogens with zero attached hydrogens (tertiary/aromatic N) is 3. The van der Waals surface area contributed by atoms with Crippen LogP contribution in [-0.4, -0.2) is 46.6 Å². The second-order valence-corrected chi connectivity index (χ2v) is 6.21. The van der Waals surface area contributed by atoms with Crippen molar-refractivity contribution in [2.75, 3.05) is 13.6 Å². The van der Waals surface area contributed by atoms with E-state index < -0.39 is 0 Å². The van der Waals surface area contributed by atoms with Gasteiger partial charge in [0.25, 0.3) is 5.91 Å². The van der Waals surface area contributed by atoms with E-state index in [4.69, 9.17) is 4.74 Å². The van der Waals surface area contributed by atoms with Crippen molar-refractivity contribution in [3.05, 3.63) is 35.7 Å². The Hall–Kier alpha value is -2.12. The first-order valence-corrected chi connectivity index (χ1v) is 8.63. The van der Waals surface area contributed by atoms with E-state index in [1.54, 1.807) is 4.68 Å². The molecule has 2 N–H and O–H groups in total. The lowest BCUT2D eigenvalue weighted by atomic mass is 10.2. The van der Waals surface area contributed by atoms with Gasteiger partial charge in [0, 0.05) is 12.6 Å². The summed E-state index contributed by atoms with van der Waals surface area (Å²) < 4.78 is 7.36. The molecule has 1 unspecified atom stereocenters. The Bertz CT molecular complexity index is 700. The lowest BCUT2D eigenvalue weighted by Crippen LogP contribution is -2.37. The zero-order valence-electron chi connectivity index (χ0n) is 15.9. The van der Waals surface area contributed by atoms with Crippen molar-refractivity contribution in [1.82, 2.24) is 25.6 Å². The molecule has 0 bridgehead atoms. The number of benzene rings is 1. The van der Waals surface area contributed by atoms with Gasteiger partial charge in [-0.25, -0.2) is 4.68 Å². The molecule has 0 aliphatic rings. The van der Waals surface area contributed by atoms with Gasteiger partial charge in [0.2, 0.25) is 0 Å². The van der Waals surface area contributed by atoms with Gasteiger partial charge in [-0.1, -0.05) is 12.1 Å². The minimum atomic E-state index is -0.204. The third-order valence-corrected chi connectivity index (χ3v) is 3.83. The normalized spacial score (nSPS) is 11.8. The summed E-state index contributed by atoms with van der Waals surface area (Å²) in [5.74, 6) is 0.598. The SMILES string of the molecule is CCc1c(C(=O)NCC(C)NC)nnn1-c1ccc(OC(C)C)cc1.Cl. The van der Waals surface area contributed by atoms with Crippen LogP contribution in [0.15, 0.2) is 24.3 Å². The van der Waals surface area contributed by atoms with E-state index in [0.717, 1.165) is 17.1 Å². The molecule has 26 heavy (non-hydrogen) atoms. The number of hydrogen-bond acceptors (Lipinski definition) is 5. The molecule has 0 aliphatic carbocycles. The van der Waals surface area contributed by atoms with Gasteiger partial charge < -0.3 is 15.4 Å². The monoisotopic (exact) mass is 381 g/mol. The van der Waals surface area contributed by atoms with E-state index >= 15 is 0 Å². The van der Waals surface area contributed by atoms with Gasteiger partial charge in [-0.3, -0.25) is 4.79 Å². The smallest absolute Gasteiger partial charge is 0.273 e. The highest BCUT2D eigenvalue weighted by Crippen LogP contribution is 2.18. The third kappa shape index (κ3) is 5.44. The molecular weight excluding hydrogens is 354 g/mol. The van der Waals surface area contributed by atoms with Gasteiger partial charge in [0.05, 0.1) is 17.5 Å². The van der Waals surface area contributed by atoms with Crippen LogP contribution in [0.25, 0.3) is 5.69 Å². The molecule has 0 saturated carbocycles. The molecule has 1 aromatic heterocycles. The van der Waals surface area contributed by atoms with Crippen molar-refractivity contribution >= 4 is 18.3 Å². The van der Waals surface area contributed by atoms with Crippen molar-refractivity contribution in [1.29, 1.82) is 0 Å². The highest BCUT2D eigenvalue weighted by molar-refractivity contribution is 5.93. The highest BCUT2D eigenvalue weighted by Gasteiger charge is 2.19. The Labute approximate surface area is 160 Å². The summed E-state index contributed by atoms with van der Waals surface area (Å²) in [7, 11) is 1.86. The van der Waals surface area contributed by atoms with Crippen LogP contribution in [0.2, 0.25) is 0 Å². The first-order chi connectivity index (χ1) is 12.0. The number of carbonyl (C=O) groups is 1. The first-order valence-electron chi connectivity index (χ1n) is 8.63. The molecule has 0 fully saturated rings. The molecule has 0 saturated heterocycles. The third-order valence-electron chi connectivity index (χ3n) is 3.83. The van der Waals surface area contributed by atoms with Gasteiger partial charge in [-0.15, -0.1) is 17.5 Å². The van der Waals surface area contributed by atoms with Crippen LogP contribution in [0.5, 0.6) is 5.75 Å². The van der Waals surface area contributed by atoms with Crippen LogP contribution < -0.4 is 15.4 Å². The van der Waals surface area contributed by atoms with Crippen molar-refractivity contribution in [3.8, 4) is 11.4 Å². The molecule has 7 nitrogen and oxygen atoms in total. The summed E-state index contributed by atoms with van der Waals surface area (Å²) in [6, 6.07) is 7.81. The quantitative estimate of drug-likeness (QED) is 0.733. The summed E-state index contributed by atoms with van der Waals surface area (Å²) in [5.41, 5.74) is 2.00. The molecule has 1 atom stereocenters. The molecule has 2 rings (SSSR count). The van der Waals surface area contributed by atoms with Gasteiger partial charge >= 0.3 is 0 Å². The van der Waals surface area contributed by atoms with Crippen LogP contribution in [0.3, 0.4) is 0 Å². The predicted molar refractivity (Wildman–Crippen MR) is 105 cm³/mol. The topological polar surface area (TPSA) is 81.1 Å². The van der Waals surface area contributed by atoms with Gasteiger partial charge in [0.1, 0.15) is 5.75 Å². The fourth-order valence-corrected chi connectivity index (χ4v) is 2.37. The number of nitrogens with one attached hydrogen (secondary N) is 2. The highest BCUT2D eigenvalue weighted by atomic mass is 35.5. The molecule has 8 heteroatoms. The van der Waals surface area contributed by atoms with Gasteiger partial charge in [-0.05, 0) is 58.5 Å². The Morgan fingerprint density at radius 1 is 1.23 bits per heavy atom. The maximum absolute atomic E-state index is 12.4. The minimum absolute atomic E-state index is 0. The number of likely N-dealkylation sites (N-methyl/N-ethyl adjacent to an activating group) is 1. The van der Waals surface area contributed by atoms with Crippen LogP contribution in [0.1, 0.15) is 43.9 Å². The number of amides is 1. The Kier molecular flexibility index (Phi) is 8.54. The number of aromatic nitrogens is 3.